The molecule has 1 aliphatic carbocycles. The molecule has 0 radical (unpaired) electrons. The van der Waals surface area contributed by atoms with Gasteiger partial charge in [0.15, 0.2) is 0 Å². The van der Waals surface area contributed by atoms with Crippen LogP contribution in [0.1, 0.15) is 50.5 Å². The first kappa shape index (κ1) is 22.6. The molecule has 2 heterocycles. The second-order valence-corrected chi connectivity index (χ2v) is 10.5. The van der Waals surface area contributed by atoms with Crippen LogP contribution in [0.3, 0.4) is 0 Å². The van der Waals surface area contributed by atoms with E-state index < -0.39 is 0 Å². The van der Waals surface area contributed by atoms with E-state index in [9.17, 15) is 4.79 Å². The van der Waals surface area contributed by atoms with Crippen LogP contribution in [-0.2, 0) is 11.2 Å². The van der Waals surface area contributed by atoms with Crippen molar-refractivity contribution >= 4 is 5.91 Å². The van der Waals surface area contributed by atoms with Gasteiger partial charge in [0, 0.05) is 32.7 Å². The van der Waals surface area contributed by atoms with E-state index in [0.29, 0.717) is 12.0 Å². The average molecular weight is 428 g/mol. The summed E-state index contributed by atoms with van der Waals surface area (Å²) in [6.07, 6.45) is 9.93. The van der Waals surface area contributed by atoms with Gasteiger partial charge in [-0.05, 0) is 82.0 Å². The predicted octanol–water partition coefficient (Wildman–Crippen LogP) is 3.67. The summed E-state index contributed by atoms with van der Waals surface area (Å²) >= 11 is 0. The molecule has 1 amide bonds. The summed E-state index contributed by atoms with van der Waals surface area (Å²) in [5, 5.41) is 0. The standard InChI is InChI=1S/C26H41N3O2/c1-27(2)20-25(30)29-15-13-26(14-16-29)12-6-5-8-23-7-3-4-9-24(23)31-18-17-28(21-26)19-22-10-11-22/h3-4,7,9,22H,5-6,8,10-21H2,1-2H3. The number of ether oxygens (including phenoxy) is 1. The third kappa shape index (κ3) is 6.45. The van der Waals surface area contributed by atoms with E-state index >= 15 is 0 Å². The highest BCUT2D eigenvalue weighted by atomic mass is 16.5. The number of hydrogen-bond donors (Lipinski definition) is 0. The number of likely N-dealkylation sites (N-methyl/N-ethyl adjacent to an activating group) is 1. The van der Waals surface area contributed by atoms with Gasteiger partial charge in [-0.3, -0.25) is 9.69 Å². The van der Waals surface area contributed by atoms with E-state index in [1.165, 1.54) is 50.8 Å². The second kappa shape index (κ2) is 10.4. The molecular formula is C26H41N3O2. The fourth-order valence-electron chi connectivity index (χ4n) is 5.41. The minimum Gasteiger partial charge on any atom is -0.492 e. The Hall–Kier alpha value is -1.59. The fraction of sp³-hybridized carbons (Fsp3) is 0.731. The molecule has 0 aromatic heterocycles. The Labute approximate surface area is 188 Å². The van der Waals surface area contributed by atoms with Crippen LogP contribution in [0.15, 0.2) is 24.3 Å². The van der Waals surface area contributed by atoms with Gasteiger partial charge in [-0.2, -0.15) is 0 Å². The van der Waals surface area contributed by atoms with Gasteiger partial charge in [-0.1, -0.05) is 24.6 Å². The van der Waals surface area contributed by atoms with Gasteiger partial charge < -0.3 is 14.5 Å². The number of nitrogens with zero attached hydrogens (tertiary/aromatic N) is 3. The van der Waals surface area contributed by atoms with Gasteiger partial charge in [0.05, 0.1) is 6.54 Å². The van der Waals surface area contributed by atoms with Crippen molar-refractivity contribution in [3.05, 3.63) is 29.8 Å². The van der Waals surface area contributed by atoms with Crippen LogP contribution in [0.25, 0.3) is 0 Å². The maximum atomic E-state index is 12.6. The summed E-state index contributed by atoms with van der Waals surface area (Å²) in [5.41, 5.74) is 1.71. The minimum absolute atomic E-state index is 0.285. The Morgan fingerprint density at radius 2 is 1.87 bits per heavy atom. The van der Waals surface area contributed by atoms with Crippen molar-refractivity contribution in [2.24, 2.45) is 11.3 Å². The Morgan fingerprint density at radius 3 is 2.61 bits per heavy atom. The third-order valence-corrected chi connectivity index (χ3v) is 7.44. The number of hydrogen-bond acceptors (Lipinski definition) is 4. The Kier molecular flexibility index (Phi) is 7.55. The lowest BCUT2D eigenvalue weighted by Crippen LogP contribution is -2.50. The van der Waals surface area contributed by atoms with E-state index in [1.807, 2.05) is 19.0 Å². The first-order valence-corrected chi connectivity index (χ1v) is 12.4. The van der Waals surface area contributed by atoms with Crippen molar-refractivity contribution in [3.63, 3.8) is 0 Å². The van der Waals surface area contributed by atoms with Gasteiger partial charge >= 0.3 is 0 Å². The number of rotatable bonds is 4. The van der Waals surface area contributed by atoms with Gasteiger partial charge in [0.25, 0.3) is 0 Å². The number of para-hydroxylation sites is 1. The highest BCUT2D eigenvalue weighted by molar-refractivity contribution is 5.78. The topological polar surface area (TPSA) is 36.0 Å². The van der Waals surface area contributed by atoms with Crippen LogP contribution >= 0.6 is 0 Å². The first-order valence-electron chi connectivity index (χ1n) is 12.4. The Bertz CT molecular complexity index is 723. The molecule has 2 aliphatic heterocycles. The number of carbonyl (C=O) groups excluding carboxylic acids is 1. The number of amides is 1. The number of likely N-dealkylation sites (tertiary alicyclic amines) is 1. The molecule has 4 rings (SSSR count). The summed E-state index contributed by atoms with van der Waals surface area (Å²) < 4.78 is 6.25. The van der Waals surface area contributed by atoms with E-state index in [1.54, 1.807) is 0 Å². The molecule has 1 aromatic carbocycles. The largest absolute Gasteiger partial charge is 0.492 e. The molecule has 1 saturated carbocycles. The SMILES string of the molecule is CN(C)CC(=O)N1CCC2(CCCCc3ccccc3OCCN(CC3CC3)C2)CC1. The van der Waals surface area contributed by atoms with Gasteiger partial charge in [0.2, 0.25) is 5.91 Å². The maximum Gasteiger partial charge on any atom is 0.236 e. The summed E-state index contributed by atoms with van der Waals surface area (Å²) in [5.74, 6) is 2.25. The molecule has 3 aliphatic rings. The van der Waals surface area contributed by atoms with Gasteiger partial charge in [-0.25, -0.2) is 0 Å². The van der Waals surface area contributed by atoms with Gasteiger partial charge in [-0.15, -0.1) is 0 Å². The lowest BCUT2D eigenvalue weighted by atomic mass is 9.73. The molecule has 1 saturated heterocycles. The van der Waals surface area contributed by atoms with Gasteiger partial charge in [0.1, 0.15) is 12.4 Å². The highest BCUT2D eigenvalue weighted by Gasteiger charge is 2.38. The zero-order valence-electron chi connectivity index (χ0n) is 19.7. The normalized spacial score (nSPS) is 23.0. The van der Waals surface area contributed by atoms with Crippen molar-refractivity contribution < 1.29 is 9.53 Å². The average Bonchev–Trinajstić information content (AvgIpc) is 3.55. The number of carbonyl (C=O) groups is 1. The van der Waals surface area contributed by atoms with Crippen molar-refractivity contribution in [1.82, 2.24) is 14.7 Å². The van der Waals surface area contributed by atoms with Crippen molar-refractivity contribution in [3.8, 4) is 5.75 Å². The van der Waals surface area contributed by atoms with Crippen molar-refractivity contribution in [2.45, 2.75) is 51.4 Å². The molecule has 0 unspecified atom stereocenters. The molecule has 1 aromatic rings. The quantitative estimate of drug-likeness (QED) is 0.735. The zero-order chi connectivity index (χ0) is 21.7. The van der Waals surface area contributed by atoms with Crippen LogP contribution < -0.4 is 4.74 Å². The molecule has 0 bridgehead atoms. The summed E-state index contributed by atoms with van der Waals surface area (Å²) in [7, 11) is 3.96. The number of aryl methyl sites for hydroxylation is 1. The predicted molar refractivity (Wildman–Crippen MR) is 125 cm³/mol. The third-order valence-electron chi connectivity index (χ3n) is 7.44. The Balaban J connectivity index is 1.44. The van der Waals surface area contributed by atoms with Crippen LogP contribution in [0.4, 0.5) is 0 Å². The smallest absolute Gasteiger partial charge is 0.236 e. The summed E-state index contributed by atoms with van der Waals surface area (Å²) in [6.45, 7) is 6.54. The van der Waals surface area contributed by atoms with E-state index in [0.717, 1.165) is 57.2 Å². The second-order valence-electron chi connectivity index (χ2n) is 10.5. The zero-order valence-corrected chi connectivity index (χ0v) is 19.7. The number of piperidine rings is 1. The maximum absolute atomic E-state index is 12.6. The summed E-state index contributed by atoms with van der Waals surface area (Å²) in [6, 6.07) is 8.59. The minimum atomic E-state index is 0.285. The van der Waals surface area contributed by atoms with E-state index in [-0.39, 0.29) is 5.91 Å². The number of fused-ring (bicyclic) bond motifs is 1. The molecule has 5 nitrogen and oxygen atoms in total. The molecule has 1 spiro atoms. The van der Waals surface area contributed by atoms with E-state index in [2.05, 4.69) is 34.1 Å². The monoisotopic (exact) mass is 427 g/mol. The van der Waals surface area contributed by atoms with Crippen LogP contribution in [0, 0.1) is 11.3 Å². The van der Waals surface area contributed by atoms with Crippen LogP contribution in [-0.4, -0.2) is 80.6 Å². The van der Waals surface area contributed by atoms with Crippen molar-refractivity contribution in [1.29, 1.82) is 0 Å². The van der Waals surface area contributed by atoms with Crippen LogP contribution in [0.2, 0.25) is 0 Å². The molecule has 2 fully saturated rings. The van der Waals surface area contributed by atoms with E-state index in [4.69, 9.17) is 4.74 Å². The lowest BCUT2D eigenvalue weighted by molar-refractivity contribution is -0.134. The molecule has 172 valence electrons. The molecule has 5 heteroatoms. The Morgan fingerprint density at radius 1 is 1.10 bits per heavy atom. The lowest BCUT2D eigenvalue weighted by Gasteiger charge is -2.45. The highest BCUT2D eigenvalue weighted by Crippen LogP contribution is 2.39. The first-order chi connectivity index (χ1) is 15.0. The van der Waals surface area contributed by atoms with Crippen LogP contribution in [0.5, 0.6) is 5.75 Å². The fourth-order valence-corrected chi connectivity index (χ4v) is 5.41. The molecule has 0 N–H and O–H groups in total. The number of benzene rings is 1. The summed E-state index contributed by atoms with van der Waals surface area (Å²) in [4.78, 5) is 19.4. The molecular weight excluding hydrogens is 386 g/mol. The van der Waals surface area contributed by atoms with Crippen molar-refractivity contribution in [2.75, 3.05) is 60.0 Å². The molecule has 0 atom stereocenters. The molecule has 31 heavy (non-hydrogen) atoms.